The molecule has 1 fully saturated rings. The fraction of sp³-hybridized carbons (Fsp3) is 0.500. The van der Waals surface area contributed by atoms with Gasteiger partial charge in [-0.25, -0.2) is 0 Å². The lowest BCUT2D eigenvalue weighted by atomic mass is 9.90. The number of hydrogen-bond acceptors (Lipinski definition) is 2. The fourth-order valence-corrected chi connectivity index (χ4v) is 2.07. The minimum atomic E-state index is 0. The predicted molar refractivity (Wildman–Crippen MR) is 69.3 cm³/mol. The number of benzene rings is 1. The van der Waals surface area contributed by atoms with E-state index >= 15 is 0 Å². The molecule has 1 saturated heterocycles. The van der Waals surface area contributed by atoms with E-state index in [0.29, 0.717) is 5.92 Å². The van der Waals surface area contributed by atoms with E-state index < -0.39 is 0 Å². The quantitative estimate of drug-likeness (QED) is 0.889. The van der Waals surface area contributed by atoms with Crippen molar-refractivity contribution in [1.29, 1.82) is 0 Å². The molecule has 16 heavy (non-hydrogen) atoms. The molecule has 90 valence electrons. The Balaban J connectivity index is 0.00000128. The molecular weight excluding hydrogens is 245 g/mol. The lowest BCUT2D eigenvalue weighted by molar-refractivity contribution is 0.0422. The van der Waals surface area contributed by atoms with Gasteiger partial charge < -0.3 is 10.5 Å². The normalized spacial score (nSPS) is 24.9. The predicted octanol–water partition coefficient (Wildman–Crippen LogP) is 2.67. The summed E-state index contributed by atoms with van der Waals surface area (Å²) in [5.41, 5.74) is 7.33. The van der Waals surface area contributed by atoms with E-state index in [2.05, 4.69) is 12.1 Å². The third kappa shape index (κ3) is 3.63. The number of hydrogen-bond donors (Lipinski definition) is 1. The van der Waals surface area contributed by atoms with Crippen LogP contribution in [0.15, 0.2) is 24.3 Å². The Hall–Kier alpha value is -0.280. The van der Waals surface area contributed by atoms with E-state index in [1.165, 1.54) is 5.56 Å². The second-order valence-corrected chi connectivity index (χ2v) is 4.55. The van der Waals surface area contributed by atoms with Crippen LogP contribution in [0.3, 0.4) is 0 Å². The molecule has 0 amide bonds. The highest BCUT2D eigenvalue weighted by molar-refractivity contribution is 6.30. The number of rotatable bonds is 2. The van der Waals surface area contributed by atoms with Crippen LogP contribution in [0.1, 0.15) is 12.0 Å². The maximum Gasteiger partial charge on any atom is 0.0512 e. The Labute approximate surface area is 108 Å². The van der Waals surface area contributed by atoms with Crippen LogP contribution < -0.4 is 5.73 Å². The first-order valence-electron chi connectivity index (χ1n) is 5.33. The monoisotopic (exact) mass is 261 g/mol. The van der Waals surface area contributed by atoms with Gasteiger partial charge >= 0.3 is 0 Å². The second kappa shape index (κ2) is 6.45. The molecule has 1 aromatic carbocycles. The molecule has 2 N–H and O–H groups in total. The first-order chi connectivity index (χ1) is 7.25. The van der Waals surface area contributed by atoms with Gasteiger partial charge in [-0.2, -0.15) is 0 Å². The largest absolute Gasteiger partial charge is 0.381 e. The average Bonchev–Trinajstić information content (AvgIpc) is 2.25. The molecule has 1 aromatic rings. The molecular formula is C12H17Cl2NO. The molecule has 0 aliphatic carbocycles. The van der Waals surface area contributed by atoms with Crippen molar-refractivity contribution in [3.05, 3.63) is 34.9 Å². The Kier molecular flexibility index (Phi) is 5.56. The van der Waals surface area contributed by atoms with Gasteiger partial charge in [-0.05, 0) is 30.5 Å². The van der Waals surface area contributed by atoms with Crippen molar-refractivity contribution in [1.82, 2.24) is 0 Å². The van der Waals surface area contributed by atoms with Crippen LogP contribution in [0.4, 0.5) is 0 Å². The molecule has 2 atom stereocenters. The van der Waals surface area contributed by atoms with Crippen LogP contribution >= 0.6 is 24.0 Å². The summed E-state index contributed by atoms with van der Waals surface area (Å²) in [5, 5.41) is 0.781. The summed E-state index contributed by atoms with van der Waals surface area (Å²) in [7, 11) is 0. The number of halogens is 2. The highest BCUT2D eigenvalue weighted by Gasteiger charge is 2.22. The minimum absolute atomic E-state index is 0. The maximum atomic E-state index is 6.05. The van der Waals surface area contributed by atoms with Crippen LogP contribution in [-0.4, -0.2) is 19.3 Å². The van der Waals surface area contributed by atoms with E-state index in [1.807, 2.05) is 12.1 Å². The SMILES string of the molecule is Cl.NC1CCOCC1Cc1ccc(Cl)cc1. The van der Waals surface area contributed by atoms with E-state index in [9.17, 15) is 0 Å². The highest BCUT2D eigenvalue weighted by Crippen LogP contribution is 2.19. The van der Waals surface area contributed by atoms with E-state index in [-0.39, 0.29) is 18.4 Å². The van der Waals surface area contributed by atoms with Crippen LogP contribution in [0.25, 0.3) is 0 Å². The molecule has 2 nitrogen and oxygen atoms in total. The van der Waals surface area contributed by atoms with Crippen LogP contribution in [0.5, 0.6) is 0 Å². The summed E-state index contributed by atoms with van der Waals surface area (Å²) >= 11 is 5.83. The van der Waals surface area contributed by atoms with Gasteiger partial charge in [0.1, 0.15) is 0 Å². The summed E-state index contributed by atoms with van der Waals surface area (Å²) in [5.74, 6) is 0.444. The van der Waals surface area contributed by atoms with Crippen molar-refractivity contribution in [2.45, 2.75) is 18.9 Å². The average molecular weight is 262 g/mol. The van der Waals surface area contributed by atoms with Gasteiger partial charge in [-0.1, -0.05) is 23.7 Å². The van der Waals surface area contributed by atoms with Gasteiger partial charge in [0.15, 0.2) is 0 Å². The molecule has 0 spiro atoms. The van der Waals surface area contributed by atoms with Crippen molar-refractivity contribution in [2.75, 3.05) is 13.2 Å². The van der Waals surface area contributed by atoms with Gasteiger partial charge in [0.25, 0.3) is 0 Å². The van der Waals surface area contributed by atoms with E-state index in [0.717, 1.165) is 31.1 Å². The van der Waals surface area contributed by atoms with Crippen molar-refractivity contribution in [3.8, 4) is 0 Å². The standard InChI is InChI=1S/C12H16ClNO.ClH/c13-11-3-1-9(2-4-11)7-10-8-15-6-5-12(10)14;/h1-4,10,12H,5-8,14H2;1H. The second-order valence-electron chi connectivity index (χ2n) is 4.12. The molecule has 2 rings (SSSR count). The molecule has 2 unspecified atom stereocenters. The minimum Gasteiger partial charge on any atom is -0.381 e. The Morgan fingerprint density at radius 3 is 2.62 bits per heavy atom. The first kappa shape index (κ1) is 13.8. The number of nitrogens with two attached hydrogens (primary N) is 1. The van der Waals surface area contributed by atoms with E-state index in [4.69, 9.17) is 22.1 Å². The molecule has 1 aliphatic rings. The Morgan fingerprint density at radius 2 is 2.00 bits per heavy atom. The number of ether oxygens (including phenoxy) is 1. The van der Waals surface area contributed by atoms with E-state index in [1.54, 1.807) is 0 Å². The van der Waals surface area contributed by atoms with Gasteiger partial charge in [-0.3, -0.25) is 0 Å². The van der Waals surface area contributed by atoms with Crippen molar-refractivity contribution in [3.63, 3.8) is 0 Å². The van der Waals surface area contributed by atoms with Crippen molar-refractivity contribution >= 4 is 24.0 Å². The van der Waals surface area contributed by atoms with Crippen molar-refractivity contribution < 1.29 is 4.74 Å². The molecule has 0 radical (unpaired) electrons. The summed E-state index contributed by atoms with van der Waals surface area (Å²) < 4.78 is 5.44. The molecule has 0 aromatic heterocycles. The molecule has 0 saturated carbocycles. The van der Waals surface area contributed by atoms with Gasteiger partial charge in [0.2, 0.25) is 0 Å². The fourth-order valence-electron chi connectivity index (χ4n) is 1.95. The van der Waals surface area contributed by atoms with Crippen LogP contribution in [0, 0.1) is 5.92 Å². The topological polar surface area (TPSA) is 35.2 Å². The van der Waals surface area contributed by atoms with Crippen molar-refractivity contribution in [2.24, 2.45) is 11.7 Å². The lowest BCUT2D eigenvalue weighted by Gasteiger charge is -2.28. The smallest absolute Gasteiger partial charge is 0.0512 e. The van der Waals surface area contributed by atoms with Crippen LogP contribution in [0.2, 0.25) is 5.02 Å². The zero-order valence-electron chi connectivity index (χ0n) is 9.06. The molecule has 1 heterocycles. The third-order valence-electron chi connectivity index (χ3n) is 2.94. The first-order valence-corrected chi connectivity index (χ1v) is 5.71. The highest BCUT2D eigenvalue weighted by atomic mass is 35.5. The lowest BCUT2D eigenvalue weighted by Crippen LogP contribution is -2.39. The zero-order valence-corrected chi connectivity index (χ0v) is 10.6. The summed E-state index contributed by atoms with van der Waals surface area (Å²) in [6.07, 6.45) is 1.95. The maximum absolute atomic E-state index is 6.05. The third-order valence-corrected chi connectivity index (χ3v) is 3.20. The molecule has 0 bridgehead atoms. The van der Waals surface area contributed by atoms with Crippen LogP contribution in [-0.2, 0) is 11.2 Å². The summed E-state index contributed by atoms with van der Waals surface area (Å²) in [6.45, 7) is 1.59. The zero-order chi connectivity index (χ0) is 10.7. The Bertz CT molecular complexity index is 315. The van der Waals surface area contributed by atoms with Gasteiger partial charge in [0.05, 0.1) is 6.61 Å². The summed E-state index contributed by atoms with van der Waals surface area (Å²) in [4.78, 5) is 0. The summed E-state index contributed by atoms with van der Waals surface area (Å²) in [6, 6.07) is 8.24. The molecule has 1 aliphatic heterocycles. The van der Waals surface area contributed by atoms with Gasteiger partial charge in [0, 0.05) is 23.6 Å². The Morgan fingerprint density at radius 1 is 1.31 bits per heavy atom. The van der Waals surface area contributed by atoms with Gasteiger partial charge in [-0.15, -0.1) is 12.4 Å². The molecule has 4 heteroatoms.